The van der Waals surface area contributed by atoms with Crippen LogP contribution < -0.4 is 5.32 Å². The molecule has 3 aliphatic heterocycles. The first-order valence-electron chi connectivity index (χ1n) is 13.0. The molecule has 1 aromatic rings. The summed E-state index contributed by atoms with van der Waals surface area (Å²) in [4.78, 5) is 26.9. The van der Waals surface area contributed by atoms with Gasteiger partial charge in [-0.2, -0.15) is 0 Å². The molecule has 6 nitrogen and oxygen atoms in total. The molecule has 6 heteroatoms. The Labute approximate surface area is 207 Å². The molecule has 188 valence electrons. The van der Waals surface area contributed by atoms with Gasteiger partial charge in [0.25, 0.3) is 5.91 Å². The zero-order valence-corrected chi connectivity index (χ0v) is 20.9. The monoisotopic (exact) mass is 479 g/mol. The van der Waals surface area contributed by atoms with E-state index in [4.69, 9.17) is 9.47 Å². The van der Waals surface area contributed by atoms with Crippen molar-refractivity contribution in [2.75, 3.05) is 0 Å². The van der Waals surface area contributed by atoms with Crippen LogP contribution in [0.4, 0.5) is 0 Å². The second-order valence-corrected chi connectivity index (χ2v) is 11.2. The minimum atomic E-state index is -1.33. The summed E-state index contributed by atoms with van der Waals surface area (Å²) in [6, 6.07) is 9.94. The maximum absolute atomic E-state index is 13.8. The van der Waals surface area contributed by atoms with Gasteiger partial charge in [0.05, 0.1) is 23.7 Å². The Hall–Kier alpha value is -2.44. The van der Waals surface area contributed by atoms with E-state index in [0.29, 0.717) is 25.2 Å². The van der Waals surface area contributed by atoms with E-state index in [9.17, 15) is 14.7 Å². The van der Waals surface area contributed by atoms with E-state index in [0.717, 1.165) is 18.4 Å². The number of benzene rings is 1. The van der Waals surface area contributed by atoms with Gasteiger partial charge < -0.3 is 19.9 Å². The van der Waals surface area contributed by atoms with Crippen LogP contribution >= 0.6 is 0 Å². The molecule has 0 unspecified atom stereocenters. The molecule has 0 radical (unpaired) electrons. The van der Waals surface area contributed by atoms with Gasteiger partial charge in [0.15, 0.2) is 0 Å². The van der Waals surface area contributed by atoms with Crippen LogP contribution in [0.1, 0.15) is 52.0 Å². The SMILES string of the molecule is C[C@H]1C/C=C/[C@@H]2[C@@H]3O[C@]3(C)[C@@H](C)[C@H]3[C@H](Cc4ccccc4)NC(=O)[C@]32OC(=O)/C=C/C[C@@H](O)CC1. The first kappa shape index (κ1) is 24.3. The maximum atomic E-state index is 13.8. The zero-order chi connectivity index (χ0) is 24.8. The number of epoxide rings is 1. The average Bonchev–Trinajstić information content (AvgIpc) is 3.44. The first-order chi connectivity index (χ1) is 16.8. The van der Waals surface area contributed by atoms with Crippen molar-refractivity contribution in [1.29, 1.82) is 0 Å². The summed E-state index contributed by atoms with van der Waals surface area (Å²) in [5.41, 5.74) is -0.551. The van der Waals surface area contributed by atoms with Gasteiger partial charge in [-0.25, -0.2) is 4.79 Å². The molecule has 3 fully saturated rings. The largest absolute Gasteiger partial charge is 0.445 e. The molecular formula is C29H37NO5. The second kappa shape index (κ2) is 9.21. The molecule has 1 saturated carbocycles. The number of rotatable bonds is 2. The van der Waals surface area contributed by atoms with Crippen molar-refractivity contribution in [2.24, 2.45) is 23.7 Å². The highest BCUT2D eigenvalue weighted by molar-refractivity contribution is 5.94. The Kier molecular flexibility index (Phi) is 6.39. The molecule has 0 bridgehead atoms. The van der Waals surface area contributed by atoms with Crippen LogP contribution in [0.5, 0.6) is 0 Å². The third-order valence-electron chi connectivity index (χ3n) is 8.86. The Balaban J connectivity index is 1.55. The van der Waals surface area contributed by atoms with Gasteiger partial charge in [-0.1, -0.05) is 62.4 Å². The third kappa shape index (κ3) is 4.25. The van der Waals surface area contributed by atoms with E-state index >= 15 is 0 Å². The first-order valence-corrected chi connectivity index (χ1v) is 13.0. The number of amides is 1. The molecule has 1 amide bonds. The molecule has 4 aliphatic rings. The van der Waals surface area contributed by atoms with Crippen molar-refractivity contribution in [2.45, 2.75) is 82.3 Å². The molecule has 35 heavy (non-hydrogen) atoms. The van der Waals surface area contributed by atoms with Crippen LogP contribution in [0.2, 0.25) is 0 Å². The number of hydrogen-bond donors (Lipinski definition) is 2. The summed E-state index contributed by atoms with van der Waals surface area (Å²) < 4.78 is 12.5. The number of aliphatic hydroxyl groups excluding tert-OH is 1. The summed E-state index contributed by atoms with van der Waals surface area (Å²) in [5.74, 6) is -0.947. The molecular weight excluding hydrogens is 442 g/mol. The summed E-state index contributed by atoms with van der Waals surface area (Å²) in [6.45, 7) is 6.42. The van der Waals surface area contributed by atoms with Crippen molar-refractivity contribution in [3.05, 3.63) is 60.2 Å². The lowest BCUT2D eigenvalue weighted by molar-refractivity contribution is -0.177. The number of carbonyl (C=O) groups is 2. The highest BCUT2D eigenvalue weighted by Gasteiger charge is 2.78. The van der Waals surface area contributed by atoms with Gasteiger partial charge in [0.1, 0.15) is 0 Å². The number of esters is 1. The van der Waals surface area contributed by atoms with E-state index in [2.05, 4.69) is 50.4 Å². The average molecular weight is 480 g/mol. The van der Waals surface area contributed by atoms with Gasteiger partial charge in [0.2, 0.25) is 5.60 Å². The summed E-state index contributed by atoms with van der Waals surface area (Å²) in [5, 5.41) is 13.5. The fraction of sp³-hybridized carbons (Fsp3) is 0.586. The quantitative estimate of drug-likeness (QED) is 0.383. The third-order valence-corrected chi connectivity index (χ3v) is 8.86. The lowest BCUT2D eigenvalue weighted by Crippen LogP contribution is -2.61. The van der Waals surface area contributed by atoms with Crippen LogP contribution in [-0.4, -0.2) is 46.4 Å². The van der Waals surface area contributed by atoms with E-state index in [1.54, 1.807) is 6.08 Å². The van der Waals surface area contributed by atoms with Crippen molar-refractivity contribution in [3.63, 3.8) is 0 Å². The van der Waals surface area contributed by atoms with Gasteiger partial charge in [-0.3, -0.25) is 4.79 Å². The minimum Gasteiger partial charge on any atom is -0.445 e. The second-order valence-electron chi connectivity index (χ2n) is 11.2. The molecule has 3 heterocycles. The normalized spacial score (nSPS) is 45.1. The molecule has 1 spiro atoms. The number of allylic oxidation sites excluding steroid dienone is 1. The topological polar surface area (TPSA) is 88.2 Å². The van der Waals surface area contributed by atoms with Crippen LogP contribution in [0.3, 0.4) is 0 Å². The van der Waals surface area contributed by atoms with Crippen molar-refractivity contribution < 1.29 is 24.2 Å². The van der Waals surface area contributed by atoms with E-state index in [1.807, 2.05) is 18.2 Å². The summed E-state index contributed by atoms with van der Waals surface area (Å²) in [7, 11) is 0. The maximum Gasteiger partial charge on any atom is 0.331 e. The standard InChI is InChI=1S/C29H37NO5/c1-18-9-7-13-22-26-28(3,35-26)19(2)25-23(17-20-10-5-4-6-11-20)30-27(33)29(22,25)34-24(32)14-8-12-21(31)16-15-18/h4-8,10-11,13-14,18-19,21-23,25-26,31H,9,12,15-17H2,1-3H3,(H,30,33)/b13-7+,14-8+/t18-,19-,21+,22+,23-,25-,26-,28+,29+/m0/s1. The lowest BCUT2D eigenvalue weighted by Gasteiger charge is -2.45. The smallest absolute Gasteiger partial charge is 0.331 e. The van der Waals surface area contributed by atoms with Crippen molar-refractivity contribution >= 4 is 11.9 Å². The van der Waals surface area contributed by atoms with Crippen LogP contribution in [0, 0.1) is 23.7 Å². The summed E-state index contributed by atoms with van der Waals surface area (Å²) in [6.07, 6.45) is 10.0. The number of aliphatic hydroxyl groups is 1. The summed E-state index contributed by atoms with van der Waals surface area (Å²) >= 11 is 0. The van der Waals surface area contributed by atoms with Crippen molar-refractivity contribution in [1.82, 2.24) is 5.32 Å². The van der Waals surface area contributed by atoms with Gasteiger partial charge >= 0.3 is 5.97 Å². The Bertz CT molecular complexity index is 1020. The Morgan fingerprint density at radius 3 is 2.63 bits per heavy atom. The van der Waals surface area contributed by atoms with Gasteiger partial charge in [0, 0.05) is 18.0 Å². The zero-order valence-electron chi connectivity index (χ0n) is 20.9. The van der Waals surface area contributed by atoms with E-state index in [1.165, 1.54) is 6.08 Å². The highest BCUT2D eigenvalue weighted by atomic mass is 16.6. The van der Waals surface area contributed by atoms with Crippen LogP contribution in [-0.2, 0) is 25.5 Å². The number of fused-ring (bicyclic) bond motifs is 2. The van der Waals surface area contributed by atoms with Gasteiger partial charge in [-0.05, 0) is 56.4 Å². The van der Waals surface area contributed by atoms with Crippen molar-refractivity contribution in [3.8, 4) is 0 Å². The number of carbonyl (C=O) groups excluding carboxylic acids is 2. The van der Waals surface area contributed by atoms with E-state index in [-0.39, 0.29) is 41.4 Å². The van der Waals surface area contributed by atoms with Crippen LogP contribution in [0.25, 0.3) is 0 Å². The lowest BCUT2D eigenvalue weighted by atomic mass is 9.59. The molecule has 1 aliphatic carbocycles. The minimum absolute atomic E-state index is 0.0150. The molecule has 2 saturated heterocycles. The molecule has 2 N–H and O–H groups in total. The predicted molar refractivity (Wildman–Crippen MR) is 132 cm³/mol. The highest BCUT2D eigenvalue weighted by Crippen LogP contribution is 2.63. The molecule has 9 atom stereocenters. The fourth-order valence-corrected chi connectivity index (χ4v) is 6.70. The Morgan fingerprint density at radius 1 is 1.09 bits per heavy atom. The van der Waals surface area contributed by atoms with E-state index < -0.39 is 17.7 Å². The molecule has 1 aromatic carbocycles. The number of nitrogens with one attached hydrogen (secondary N) is 1. The molecule has 0 aromatic heterocycles. The van der Waals surface area contributed by atoms with Gasteiger partial charge in [-0.15, -0.1) is 0 Å². The molecule has 5 rings (SSSR count). The fourth-order valence-electron chi connectivity index (χ4n) is 6.70. The predicted octanol–water partition coefficient (Wildman–Crippen LogP) is 3.73. The number of hydrogen-bond acceptors (Lipinski definition) is 5. The Morgan fingerprint density at radius 2 is 1.86 bits per heavy atom. The van der Waals surface area contributed by atoms with Crippen LogP contribution in [0.15, 0.2) is 54.6 Å². The number of ether oxygens (including phenoxy) is 2.